The van der Waals surface area contributed by atoms with Crippen molar-refractivity contribution in [1.29, 1.82) is 0 Å². The minimum Gasteiger partial charge on any atom is -0.480 e. The fourth-order valence-corrected chi connectivity index (χ4v) is 1.69. The number of amides is 2. The first kappa shape index (κ1) is 15.0. The quantitative estimate of drug-likeness (QED) is 0.822. The van der Waals surface area contributed by atoms with E-state index >= 15 is 0 Å². The van der Waals surface area contributed by atoms with Crippen molar-refractivity contribution in [3.05, 3.63) is 35.9 Å². The molecule has 0 aliphatic carbocycles. The first-order chi connectivity index (χ1) is 9.00. The Bertz CT molecular complexity index is 418. The number of hydrogen-bond acceptors (Lipinski definition) is 2. The number of benzene rings is 1. The third-order valence-electron chi connectivity index (χ3n) is 2.72. The van der Waals surface area contributed by atoms with Crippen LogP contribution < -0.4 is 5.32 Å². The minimum atomic E-state index is -1.01. The highest BCUT2D eigenvalue weighted by Gasteiger charge is 2.18. The Morgan fingerprint density at radius 1 is 1.26 bits per heavy atom. The molecule has 1 aromatic rings. The van der Waals surface area contributed by atoms with Gasteiger partial charge in [-0.25, -0.2) is 4.79 Å². The number of urea groups is 1. The molecule has 0 aliphatic heterocycles. The van der Waals surface area contributed by atoms with Gasteiger partial charge in [0.1, 0.15) is 6.54 Å². The molecular formula is C14H20N2O3. The highest BCUT2D eigenvalue weighted by Crippen LogP contribution is 2.00. The predicted octanol–water partition coefficient (Wildman–Crippen LogP) is 1.73. The highest BCUT2D eigenvalue weighted by atomic mass is 16.4. The zero-order chi connectivity index (χ0) is 14.3. The zero-order valence-electron chi connectivity index (χ0n) is 11.3. The second-order valence-electron chi connectivity index (χ2n) is 4.58. The van der Waals surface area contributed by atoms with Crippen molar-refractivity contribution < 1.29 is 14.7 Å². The lowest BCUT2D eigenvalue weighted by molar-refractivity contribution is -0.138. The van der Waals surface area contributed by atoms with Crippen LogP contribution in [0.2, 0.25) is 0 Å². The standard InChI is InChI=1S/C14H20N2O3/c1-11(2)16(10-13(17)18)14(19)15-9-8-12-6-4-3-5-7-12/h3-7,11H,8-10H2,1-2H3,(H,15,19)(H,17,18). The van der Waals surface area contributed by atoms with Gasteiger partial charge in [-0.15, -0.1) is 0 Å². The van der Waals surface area contributed by atoms with Crippen LogP contribution in [-0.4, -0.2) is 41.1 Å². The van der Waals surface area contributed by atoms with Crippen LogP contribution >= 0.6 is 0 Å². The Hall–Kier alpha value is -2.04. The molecule has 0 unspecified atom stereocenters. The number of hydrogen-bond donors (Lipinski definition) is 2. The number of carboxylic acid groups (broad SMARTS) is 1. The number of carbonyl (C=O) groups excluding carboxylic acids is 1. The second-order valence-corrected chi connectivity index (χ2v) is 4.58. The van der Waals surface area contributed by atoms with Crippen molar-refractivity contribution in [3.63, 3.8) is 0 Å². The Kier molecular flexibility index (Phi) is 5.85. The van der Waals surface area contributed by atoms with Gasteiger partial charge in [0.2, 0.25) is 0 Å². The van der Waals surface area contributed by atoms with Crippen molar-refractivity contribution in [2.75, 3.05) is 13.1 Å². The lowest BCUT2D eigenvalue weighted by Crippen LogP contribution is -2.46. The van der Waals surface area contributed by atoms with Gasteiger partial charge in [0.25, 0.3) is 0 Å². The van der Waals surface area contributed by atoms with Gasteiger partial charge in [-0.2, -0.15) is 0 Å². The van der Waals surface area contributed by atoms with E-state index in [1.807, 2.05) is 30.3 Å². The SMILES string of the molecule is CC(C)N(CC(=O)O)C(=O)NCCc1ccccc1. The van der Waals surface area contributed by atoms with E-state index in [4.69, 9.17) is 5.11 Å². The van der Waals surface area contributed by atoms with E-state index in [1.165, 1.54) is 4.90 Å². The molecule has 0 saturated heterocycles. The fourth-order valence-electron chi connectivity index (χ4n) is 1.69. The van der Waals surface area contributed by atoms with Gasteiger partial charge in [-0.05, 0) is 25.8 Å². The molecular weight excluding hydrogens is 244 g/mol. The normalized spacial score (nSPS) is 10.3. The number of nitrogens with one attached hydrogen (secondary N) is 1. The number of carboxylic acids is 1. The van der Waals surface area contributed by atoms with E-state index in [-0.39, 0.29) is 18.6 Å². The molecule has 5 heteroatoms. The van der Waals surface area contributed by atoms with Crippen LogP contribution in [0, 0.1) is 0 Å². The summed E-state index contributed by atoms with van der Waals surface area (Å²) in [5.74, 6) is -1.01. The zero-order valence-corrected chi connectivity index (χ0v) is 11.3. The van der Waals surface area contributed by atoms with E-state index < -0.39 is 5.97 Å². The number of nitrogens with zero attached hydrogens (tertiary/aromatic N) is 1. The first-order valence-electron chi connectivity index (χ1n) is 6.31. The van der Waals surface area contributed by atoms with E-state index in [0.29, 0.717) is 6.54 Å². The van der Waals surface area contributed by atoms with Gasteiger partial charge in [-0.3, -0.25) is 4.79 Å². The van der Waals surface area contributed by atoms with Crippen LogP contribution in [0.15, 0.2) is 30.3 Å². The highest BCUT2D eigenvalue weighted by molar-refractivity contribution is 5.80. The molecule has 0 spiro atoms. The van der Waals surface area contributed by atoms with Gasteiger partial charge in [0.15, 0.2) is 0 Å². The average Bonchev–Trinajstić information content (AvgIpc) is 2.36. The van der Waals surface area contributed by atoms with Crippen molar-refractivity contribution in [2.24, 2.45) is 0 Å². The summed E-state index contributed by atoms with van der Waals surface area (Å²) >= 11 is 0. The van der Waals surface area contributed by atoms with Gasteiger partial charge < -0.3 is 15.3 Å². The Morgan fingerprint density at radius 2 is 1.89 bits per heavy atom. The molecule has 0 fully saturated rings. The number of aliphatic carboxylic acids is 1. The van der Waals surface area contributed by atoms with Crippen molar-refractivity contribution in [1.82, 2.24) is 10.2 Å². The van der Waals surface area contributed by atoms with Gasteiger partial charge in [0.05, 0.1) is 0 Å². The maximum atomic E-state index is 11.9. The van der Waals surface area contributed by atoms with Crippen LogP contribution in [0.5, 0.6) is 0 Å². The lowest BCUT2D eigenvalue weighted by Gasteiger charge is -2.25. The summed E-state index contributed by atoms with van der Waals surface area (Å²) < 4.78 is 0. The molecule has 2 amide bonds. The molecule has 0 bridgehead atoms. The van der Waals surface area contributed by atoms with Crippen molar-refractivity contribution >= 4 is 12.0 Å². The predicted molar refractivity (Wildman–Crippen MR) is 73.0 cm³/mol. The maximum absolute atomic E-state index is 11.9. The molecule has 0 atom stereocenters. The van der Waals surface area contributed by atoms with Gasteiger partial charge in [-0.1, -0.05) is 30.3 Å². The molecule has 0 saturated carbocycles. The molecule has 19 heavy (non-hydrogen) atoms. The van der Waals surface area contributed by atoms with E-state index in [1.54, 1.807) is 13.8 Å². The van der Waals surface area contributed by atoms with Crippen molar-refractivity contribution in [2.45, 2.75) is 26.3 Å². The molecule has 2 N–H and O–H groups in total. The van der Waals surface area contributed by atoms with E-state index in [9.17, 15) is 9.59 Å². The van der Waals surface area contributed by atoms with Crippen molar-refractivity contribution in [3.8, 4) is 0 Å². The summed E-state index contributed by atoms with van der Waals surface area (Å²) in [5.41, 5.74) is 1.14. The lowest BCUT2D eigenvalue weighted by atomic mass is 10.1. The Morgan fingerprint density at radius 3 is 2.42 bits per heavy atom. The van der Waals surface area contributed by atoms with Crippen LogP contribution in [0.3, 0.4) is 0 Å². The molecule has 1 aromatic carbocycles. The largest absolute Gasteiger partial charge is 0.480 e. The van der Waals surface area contributed by atoms with Crippen LogP contribution in [0.1, 0.15) is 19.4 Å². The molecule has 104 valence electrons. The summed E-state index contributed by atoms with van der Waals surface area (Å²) in [6.45, 7) is 3.79. The van der Waals surface area contributed by atoms with Crippen LogP contribution in [0.4, 0.5) is 4.79 Å². The van der Waals surface area contributed by atoms with E-state index in [0.717, 1.165) is 12.0 Å². The minimum absolute atomic E-state index is 0.146. The Labute approximate surface area is 113 Å². The monoisotopic (exact) mass is 264 g/mol. The summed E-state index contributed by atoms with van der Waals surface area (Å²) in [6, 6.07) is 9.33. The average molecular weight is 264 g/mol. The first-order valence-corrected chi connectivity index (χ1v) is 6.31. The summed E-state index contributed by atoms with van der Waals surface area (Å²) in [6.07, 6.45) is 0.728. The fraction of sp³-hybridized carbons (Fsp3) is 0.429. The number of carbonyl (C=O) groups is 2. The smallest absolute Gasteiger partial charge is 0.323 e. The molecule has 0 radical (unpaired) electrons. The Balaban J connectivity index is 2.42. The number of rotatable bonds is 6. The molecule has 5 nitrogen and oxygen atoms in total. The molecule has 1 rings (SSSR count). The third-order valence-corrected chi connectivity index (χ3v) is 2.72. The van der Waals surface area contributed by atoms with Gasteiger partial charge >= 0.3 is 12.0 Å². The van der Waals surface area contributed by atoms with E-state index in [2.05, 4.69) is 5.32 Å². The topological polar surface area (TPSA) is 69.6 Å². The molecule has 0 aliphatic rings. The van der Waals surface area contributed by atoms with Gasteiger partial charge in [0, 0.05) is 12.6 Å². The van der Waals surface area contributed by atoms with Crippen LogP contribution in [-0.2, 0) is 11.2 Å². The third kappa shape index (κ3) is 5.42. The molecule has 0 heterocycles. The molecule has 0 aromatic heterocycles. The maximum Gasteiger partial charge on any atom is 0.323 e. The summed E-state index contributed by atoms with van der Waals surface area (Å²) in [5, 5.41) is 11.5. The summed E-state index contributed by atoms with van der Waals surface area (Å²) in [7, 11) is 0. The summed E-state index contributed by atoms with van der Waals surface area (Å²) in [4.78, 5) is 23.9. The van der Waals surface area contributed by atoms with Crippen LogP contribution in [0.25, 0.3) is 0 Å². The second kappa shape index (κ2) is 7.41.